The van der Waals surface area contributed by atoms with E-state index in [0.717, 1.165) is 43.3 Å². The van der Waals surface area contributed by atoms with Gasteiger partial charge in [0.15, 0.2) is 0 Å². The maximum Gasteiger partial charge on any atom is 0.143 e. The number of nitrogen functional groups attached to an aromatic ring is 1. The Balaban J connectivity index is 2.10. The molecule has 1 fully saturated rings. The molecular weight excluding hydrogens is 238 g/mol. The SMILES string of the molecule is COc1cccc(N2CCN(C(C)(C)C)CC2)c1N. The van der Waals surface area contributed by atoms with Crippen molar-refractivity contribution in [2.75, 3.05) is 43.9 Å². The Morgan fingerprint density at radius 1 is 1.11 bits per heavy atom. The Hall–Kier alpha value is -1.42. The molecule has 2 N–H and O–H groups in total. The molecule has 1 aromatic rings. The fourth-order valence-electron chi connectivity index (χ4n) is 2.60. The van der Waals surface area contributed by atoms with Crippen LogP contribution in [0.3, 0.4) is 0 Å². The van der Waals surface area contributed by atoms with Crippen molar-refractivity contribution in [3.8, 4) is 5.75 Å². The van der Waals surface area contributed by atoms with Crippen molar-refractivity contribution < 1.29 is 4.74 Å². The lowest BCUT2D eigenvalue weighted by molar-refractivity contribution is 0.128. The standard InChI is InChI=1S/C15H25N3O/c1-15(2,3)18-10-8-17(9-11-18)12-6-5-7-13(19-4)14(12)16/h5-7H,8-11,16H2,1-4H3. The van der Waals surface area contributed by atoms with E-state index in [9.17, 15) is 0 Å². The van der Waals surface area contributed by atoms with E-state index in [-0.39, 0.29) is 5.54 Å². The lowest BCUT2D eigenvalue weighted by Gasteiger charge is -2.43. The Morgan fingerprint density at radius 2 is 1.74 bits per heavy atom. The Bertz CT molecular complexity index is 432. The molecule has 0 atom stereocenters. The van der Waals surface area contributed by atoms with Crippen molar-refractivity contribution in [3.05, 3.63) is 18.2 Å². The van der Waals surface area contributed by atoms with Crippen molar-refractivity contribution in [1.29, 1.82) is 0 Å². The number of hydrogen-bond donors (Lipinski definition) is 1. The number of ether oxygens (including phenoxy) is 1. The minimum Gasteiger partial charge on any atom is -0.495 e. The third-order valence-electron chi connectivity index (χ3n) is 3.83. The molecule has 0 spiro atoms. The lowest BCUT2D eigenvalue weighted by Crippen LogP contribution is -2.53. The van der Waals surface area contributed by atoms with Gasteiger partial charge in [0.25, 0.3) is 0 Å². The average Bonchev–Trinajstić information content (AvgIpc) is 2.38. The van der Waals surface area contributed by atoms with Crippen LogP contribution in [-0.4, -0.2) is 43.7 Å². The molecular formula is C15H25N3O. The predicted molar refractivity (Wildman–Crippen MR) is 80.9 cm³/mol. The van der Waals surface area contributed by atoms with Crippen LogP contribution in [0.5, 0.6) is 5.75 Å². The number of rotatable bonds is 2. The zero-order valence-electron chi connectivity index (χ0n) is 12.4. The molecule has 1 aliphatic rings. The van der Waals surface area contributed by atoms with E-state index in [1.807, 2.05) is 12.1 Å². The number of para-hydroxylation sites is 1. The molecule has 4 nitrogen and oxygen atoms in total. The summed E-state index contributed by atoms with van der Waals surface area (Å²) < 4.78 is 5.29. The van der Waals surface area contributed by atoms with E-state index in [0.29, 0.717) is 0 Å². The summed E-state index contributed by atoms with van der Waals surface area (Å²) in [4.78, 5) is 4.86. The molecule has 0 bridgehead atoms. The van der Waals surface area contributed by atoms with Crippen LogP contribution < -0.4 is 15.4 Å². The molecule has 1 heterocycles. The molecule has 0 aromatic heterocycles. The summed E-state index contributed by atoms with van der Waals surface area (Å²) in [5.41, 5.74) is 8.24. The van der Waals surface area contributed by atoms with Gasteiger partial charge in [-0.1, -0.05) is 6.07 Å². The summed E-state index contributed by atoms with van der Waals surface area (Å²) >= 11 is 0. The molecule has 4 heteroatoms. The van der Waals surface area contributed by atoms with Crippen molar-refractivity contribution in [1.82, 2.24) is 4.90 Å². The summed E-state index contributed by atoms with van der Waals surface area (Å²) in [5, 5.41) is 0. The van der Waals surface area contributed by atoms with Gasteiger partial charge in [0.2, 0.25) is 0 Å². The second-order valence-electron chi connectivity index (χ2n) is 6.04. The van der Waals surface area contributed by atoms with Gasteiger partial charge < -0.3 is 15.4 Å². The van der Waals surface area contributed by atoms with Crippen LogP contribution in [0.2, 0.25) is 0 Å². The lowest BCUT2D eigenvalue weighted by atomic mass is 10.0. The van der Waals surface area contributed by atoms with Gasteiger partial charge in [0, 0.05) is 31.7 Å². The van der Waals surface area contributed by atoms with E-state index in [2.05, 4.69) is 36.6 Å². The van der Waals surface area contributed by atoms with E-state index >= 15 is 0 Å². The average molecular weight is 263 g/mol. The van der Waals surface area contributed by atoms with Crippen LogP contribution >= 0.6 is 0 Å². The van der Waals surface area contributed by atoms with Crippen molar-refractivity contribution >= 4 is 11.4 Å². The van der Waals surface area contributed by atoms with E-state index in [4.69, 9.17) is 10.5 Å². The van der Waals surface area contributed by atoms with E-state index < -0.39 is 0 Å². The highest BCUT2D eigenvalue weighted by Crippen LogP contribution is 2.32. The fraction of sp³-hybridized carbons (Fsp3) is 0.600. The number of methoxy groups -OCH3 is 1. The zero-order valence-corrected chi connectivity index (χ0v) is 12.4. The molecule has 0 aliphatic carbocycles. The third kappa shape index (κ3) is 2.95. The van der Waals surface area contributed by atoms with Crippen molar-refractivity contribution in [2.45, 2.75) is 26.3 Å². The first-order chi connectivity index (χ1) is 8.93. The van der Waals surface area contributed by atoms with E-state index in [1.165, 1.54) is 0 Å². The molecule has 0 radical (unpaired) electrons. The molecule has 2 rings (SSSR count). The summed E-state index contributed by atoms with van der Waals surface area (Å²) in [6.45, 7) is 11.0. The van der Waals surface area contributed by atoms with Crippen molar-refractivity contribution in [3.63, 3.8) is 0 Å². The molecule has 0 saturated carbocycles. The van der Waals surface area contributed by atoms with Gasteiger partial charge >= 0.3 is 0 Å². The zero-order chi connectivity index (χ0) is 14.0. The summed E-state index contributed by atoms with van der Waals surface area (Å²) in [6.07, 6.45) is 0. The number of hydrogen-bond acceptors (Lipinski definition) is 4. The van der Waals surface area contributed by atoms with Crippen LogP contribution in [0, 0.1) is 0 Å². The number of anilines is 2. The monoisotopic (exact) mass is 263 g/mol. The van der Waals surface area contributed by atoms with Crippen LogP contribution in [0.15, 0.2) is 18.2 Å². The number of piperazine rings is 1. The quantitative estimate of drug-likeness (QED) is 0.831. The Morgan fingerprint density at radius 3 is 2.26 bits per heavy atom. The van der Waals surface area contributed by atoms with Crippen LogP contribution in [0.1, 0.15) is 20.8 Å². The van der Waals surface area contributed by atoms with Gasteiger partial charge in [0.05, 0.1) is 18.5 Å². The normalized spacial score (nSPS) is 17.6. The van der Waals surface area contributed by atoms with Gasteiger partial charge in [-0.25, -0.2) is 0 Å². The highest BCUT2D eigenvalue weighted by Gasteiger charge is 2.26. The first-order valence-electron chi connectivity index (χ1n) is 6.86. The minimum absolute atomic E-state index is 0.242. The van der Waals surface area contributed by atoms with Gasteiger partial charge in [-0.3, -0.25) is 4.90 Å². The molecule has 19 heavy (non-hydrogen) atoms. The van der Waals surface area contributed by atoms with Crippen LogP contribution in [0.4, 0.5) is 11.4 Å². The van der Waals surface area contributed by atoms with Gasteiger partial charge in [-0.2, -0.15) is 0 Å². The number of benzene rings is 1. The van der Waals surface area contributed by atoms with Gasteiger partial charge in [0.1, 0.15) is 5.75 Å². The topological polar surface area (TPSA) is 41.7 Å². The molecule has 106 valence electrons. The maximum atomic E-state index is 6.16. The van der Waals surface area contributed by atoms with Crippen LogP contribution in [-0.2, 0) is 0 Å². The predicted octanol–water partition coefficient (Wildman–Crippen LogP) is 2.20. The van der Waals surface area contributed by atoms with E-state index in [1.54, 1.807) is 7.11 Å². The highest BCUT2D eigenvalue weighted by molar-refractivity contribution is 5.74. The summed E-state index contributed by atoms with van der Waals surface area (Å²) in [7, 11) is 1.66. The third-order valence-corrected chi connectivity index (χ3v) is 3.83. The summed E-state index contributed by atoms with van der Waals surface area (Å²) in [5.74, 6) is 0.760. The Kier molecular flexibility index (Phi) is 3.90. The van der Waals surface area contributed by atoms with Crippen molar-refractivity contribution in [2.24, 2.45) is 0 Å². The van der Waals surface area contributed by atoms with Gasteiger partial charge in [-0.05, 0) is 32.9 Å². The molecule has 0 amide bonds. The molecule has 0 unspecified atom stereocenters. The van der Waals surface area contributed by atoms with Crippen LogP contribution in [0.25, 0.3) is 0 Å². The molecule has 1 saturated heterocycles. The number of nitrogens with zero attached hydrogens (tertiary/aromatic N) is 2. The Labute approximate surface area is 116 Å². The minimum atomic E-state index is 0.242. The first-order valence-corrected chi connectivity index (χ1v) is 6.86. The maximum absolute atomic E-state index is 6.16. The molecule has 1 aromatic carbocycles. The van der Waals surface area contributed by atoms with Gasteiger partial charge in [-0.15, -0.1) is 0 Å². The second kappa shape index (κ2) is 5.29. The number of nitrogens with two attached hydrogens (primary N) is 1. The molecule has 1 aliphatic heterocycles. The first kappa shape index (κ1) is 14.0. The summed E-state index contributed by atoms with van der Waals surface area (Å²) in [6, 6.07) is 5.98. The smallest absolute Gasteiger partial charge is 0.143 e. The largest absolute Gasteiger partial charge is 0.495 e. The second-order valence-corrected chi connectivity index (χ2v) is 6.04. The fourth-order valence-corrected chi connectivity index (χ4v) is 2.60. The highest BCUT2D eigenvalue weighted by atomic mass is 16.5.